The topological polar surface area (TPSA) is 64.3 Å². The van der Waals surface area contributed by atoms with Crippen LogP contribution in [0.5, 0.6) is 0 Å². The van der Waals surface area contributed by atoms with Gasteiger partial charge in [0.25, 0.3) is 0 Å². The lowest BCUT2D eigenvalue weighted by Gasteiger charge is -2.65. The molecule has 0 amide bonds. The summed E-state index contributed by atoms with van der Waals surface area (Å²) in [7, 11) is 0. The number of carbonyl (C=O) groups excluding carboxylic acids is 1. The van der Waals surface area contributed by atoms with Gasteiger partial charge in [-0.25, -0.2) is 0 Å². The van der Waals surface area contributed by atoms with Crippen LogP contribution in [0.2, 0.25) is 0 Å². The highest BCUT2D eigenvalue weighted by Gasteiger charge is 2.63. The molecule has 0 bridgehead atoms. The zero-order valence-corrected chi connectivity index (χ0v) is 35.2. The number of hydrogen-bond acceptors (Lipinski definition) is 4. The lowest BCUT2D eigenvalue weighted by Crippen LogP contribution is -2.57. The molecule has 0 aliphatic heterocycles. The molecule has 0 aromatic heterocycles. The number of hydrogen-bond donors (Lipinski definition) is 2. The van der Waals surface area contributed by atoms with Gasteiger partial charge in [0.1, 0.15) is 0 Å². The molecule has 4 aliphatic rings. The van der Waals surface area contributed by atoms with Crippen molar-refractivity contribution in [3.05, 3.63) is 0 Å². The Morgan fingerprint density at radius 3 is 1.94 bits per heavy atom. The smallest absolute Gasteiger partial charge is 0.324 e. The Kier molecular flexibility index (Phi) is 25.0. The van der Waals surface area contributed by atoms with E-state index in [1.807, 2.05) is 27.7 Å². The summed E-state index contributed by atoms with van der Waals surface area (Å²) in [6, 6.07) is 0. The first-order valence-electron chi connectivity index (χ1n) is 21.6. The third-order valence-electron chi connectivity index (χ3n) is 13.7. The normalized spacial score (nSPS) is 33.6. The third kappa shape index (κ3) is 13.2. The van der Waals surface area contributed by atoms with E-state index in [0.717, 1.165) is 36.0 Å². The van der Waals surface area contributed by atoms with E-state index in [2.05, 4.69) is 72.5 Å². The summed E-state index contributed by atoms with van der Waals surface area (Å²) in [5.41, 5.74) is 1.59. The maximum Gasteiger partial charge on any atom is 0.324 e. The quantitative estimate of drug-likeness (QED) is 0.150. The highest BCUT2D eigenvalue weighted by Crippen LogP contribution is 2.71. The van der Waals surface area contributed by atoms with Gasteiger partial charge in [-0.3, -0.25) is 4.79 Å². The van der Waals surface area contributed by atoms with E-state index >= 15 is 0 Å². The minimum absolute atomic E-state index is 0.258. The Labute approximate surface area is 303 Å². The molecule has 9 atom stereocenters. The van der Waals surface area contributed by atoms with E-state index in [4.69, 9.17) is 5.90 Å². The summed E-state index contributed by atoms with van der Waals surface area (Å²) < 4.78 is 0. The van der Waals surface area contributed by atoms with E-state index in [1.54, 1.807) is 0 Å². The van der Waals surface area contributed by atoms with Crippen LogP contribution in [-0.2, 0) is 9.63 Å². The zero-order chi connectivity index (χ0) is 36.8. The fourth-order valence-electron chi connectivity index (χ4n) is 10.8. The lowest BCUT2D eigenvalue weighted by molar-refractivity contribution is -0.162. The predicted octanol–water partition coefficient (Wildman–Crippen LogP) is 13.3. The molecule has 0 spiro atoms. The first kappa shape index (κ1) is 47.4. The third-order valence-corrected chi connectivity index (χ3v) is 13.7. The van der Waals surface area contributed by atoms with Gasteiger partial charge < -0.3 is 10.2 Å². The summed E-state index contributed by atoms with van der Waals surface area (Å²) in [5.74, 6) is 9.82. The lowest BCUT2D eigenvalue weighted by atomic mass is 9.39. The summed E-state index contributed by atoms with van der Waals surface area (Å²) >= 11 is 0. The van der Waals surface area contributed by atoms with Crippen molar-refractivity contribution in [2.45, 2.75) is 212 Å². The van der Waals surface area contributed by atoms with Crippen LogP contribution in [0.4, 0.5) is 0 Å². The van der Waals surface area contributed by atoms with Crippen LogP contribution < -0.4 is 11.2 Å². The molecule has 4 rings (SSSR count). The first-order chi connectivity index (χ1) is 23.0. The molecule has 9 unspecified atom stereocenters. The minimum atomic E-state index is -0.258. The zero-order valence-electron chi connectivity index (χ0n) is 35.2. The van der Waals surface area contributed by atoms with Crippen LogP contribution in [0.15, 0.2) is 0 Å². The Morgan fingerprint density at radius 1 is 0.771 bits per heavy atom. The van der Waals surface area contributed by atoms with Gasteiger partial charge in [-0.2, -0.15) is 5.90 Å². The Balaban J connectivity index is 0.000000967. The summed E-state index contributed by atoms with van der Waals surface area (Å²) in [4.78, 5) is 16.0. The van der Waals surface area contributed by atoms with E-state index in [-0.39, 0.29) is 5.97 Å². The molecule has 4 saturated carbocycles. The first-order valence-corrected chi connectivity index (χ1v) is 21.6. The van der Waals surface area contributed by atoms with Crippen LogP contribution in [0.1, 0.15) is 212 Å². The molecule has 48 heavy (non-hydrogen) atoms. The number of nitrogens with two attached hydrogens (primary N) is 1. The van der Waals surface area contributed by atoms with Crippen LogP contribution in [0.3, 0.4) is 0 Å². The van der Waals surface area contributed by atoms with Gasteiger partial charge in [-0.15, -0.1) is 0 Å². The second kappa shape index (κ2) is 25.4. The van der Waals surface area contributed by atoms with E-state index < -0.39 is 0 Å². The molecule has 4 nitrogen and oxygen atoms in total. The largest absolute Gasteiger partial charge is 0.373 e. The van der Waals surface area contributed by atoms with Crippen molar-refractivity contribution in [1.29, 1.82) is 0 Å². The Bertz CT molecular complexity index is 793. The monoisotopic (exact) mass is 679 g/mol. The molecule has 0 saturated heterocycles. The van der Waals surface area contributed by atoms with Gasteiger partial charge in [0.15, 0.2) is 0 Å². The van der Waals surface area contributed by atoms with E-state index in [1.165, 1.54) is 122 Å². The molecule has 0 aromatic carbocycles. The molecular weight excluding hydrogens is 588 g/mol. The average Bonchev–Trinajstić information content (AvgIpc) is 3.45. The maximum absolute atomic E-state index is 11.6. The van der Waals surface area contributed by atoms with Gasteiger partial charge in [0.2, 0.25) is 0 Å². The highest BCUT2D eigenvalue weighted by atomic mass is 16.7. The standard InChI is InChI=1S/C26H45NO2.C9H21N.C5H12.2C2H6/c1-17-10-15-26(5)22-12-14-25(4)20(18(2)6-9-23(28)29-27)7-8-21(25)19(22)11-13-24(26,3)16-17;1-3-5-7-9-10-8-6-4-2;1-3-5-4-2;2*1-2/h17-22H,6-16,27H2,1-5H3;10H,3-9H2,1-2H3;3-5H2,1-2H3;2*1-2H3. The minimum Gasteiger partial charge on any atom is -0.373 e. The van der Waals surface area contributed by atoms with Crippen molar-refractivity contribution in [2.24, 2.45) is 57.6 Å². The SMILES string of the molecule is CC.CC.CC1CCC2(C)C3CCC4(C)C(C(C)CCC(=O)ON)CCC4C3CCC2(C)C1.CCCCC.CCCCCNCCCC. The Morgan fingerprint density at radius 2 is 1.38 bits per heavy atom. The second-order valence-corrected chi connectivity index (χ2v) is 16.6. The van der Waals surface area contributed by atoms with Crippen molar-refractivity contribution in [1.82, 2.24) is 5.32 Å². The summed E-state index contributed by atoms with van der Waals surface area (Å²) in [5, 5.41) is 3.42. The van der Waals surface area contributed by atoms with Gasteiger partial charge in [0.05, 0.1) is 0 Å². The number of rotatable bonds is 13. The van der Waals surface area contributed by atoms with Crippen LogP contribution in [0.25, 0.3) is 0 Å². The van der Waals surface area contributed by atoms with Crippen molar-refractivity contribution in [2.75, 3.05) is 13.1 Å². The van der Waals surface area contributed by atoms with E-state index in [9.17, 15) is 4.79 Å². The number of nitrogens with one attached hydrogen (secondary N) is 1. The molecule has 288 valence electrons. The van der Waals surface area contributed by atoms with Crippen LogP contribution in [0, 0.1) is 51.8 Å². The van der Waals surface area contributed by atoms with Crippen molar-refractivity contribution in [3.8, 4) is 0 Å². The van der Waals surface area contributed by atoms with Crippen LogP contribution in [-0.4, -0.2) is 19.1 Å². The summed E-state index contributed by atoms with van der Waals surface area (Å²) in [6.07, 6.45) is 25.0. The fraction of sp³-hybridized carbons (Fsp3) is 0.977. The molecule has 0 radical (unpaired) electrons. The second-order valence-electron chi connectivity index (χ2n) is 16.6. The molecule has 0 aromatic rings. The summed E-state index contributed by atoms with van der Waals surface area (Å²) in [6.45, 7) is 32.1. The van der Waals surface area contributed by atoms with Crippen molar-refractivity contribution < 1.29 is 9.63 Å². The highest BCUT2D eigenvalue weighted by molar-refractivity contribution is 5.68. The van der Waals surface area contributed by atoms with Gasteiger partial charge in [-0.1, -0.05) is 135 Å². The fourth-order valence-corrected chi connectivity index (χ4v) is 10.8. The molecule has 4 aliphatic carbocycles. The molecule has 4 fully saturated rings. The predicted molar refractivity (Wildman–Crippen MR) is 213 cm³/mol. The number of carbonyl (C=O) groups is 1. The van der Waals surface area contributed by atoms with Crippen LogP contribution >= 0.6 is 0 Å². The van der Waals surface area contributed by atoms with Gasteiger partial charge >= 0.3 is 5.97 Å². The van der Waals surface area contributed by atoms with Gasteiger partial charge in [0, 0.05) is 6.42 Å². The maximum atomic E-state index is 11.6. The van der Waals surface area contributed by atoms with E-state index in [0.29, 0.717) is 28.6 Å². The average molecular weight is 679 g/mol. The molecule has 3 N–H and O–H groups in total. The molecular formula is C44H90N2O2. The molecule has 0 heterocycles. The van der Waals surface area contributed by atoms with Gasteiger partial charge in [-0.05, 0) is 135 Å². The van der Waals surface area contributed by atoms with Crippen molar-refractivity contribution >= 4 is 5.97 Å². The number of fused-ring (bicyclic) bond motifs is 5. The Hall–Kier alpha value is -0.610. The van der Waals surface area contributed by atoms with Crippen molar-refractivity contribution in [3.63, 3.8) is 0 Å². The molecule has 4 heteroatoms. The number of unbranched alkanes of at least 4 members (excludes halogenated alkanes) is 5.